The molecule has 1 aliphatic rings. The van der Waals surface area contributed by atoms with Crippen LogP contribution >= 0.6 is 0 Å². The topological polar surface area (TPSA) is 41.6 Å². The SMILES string of the molecule is C[C@H](CC(=O)Nc1ccccc1N1CCOCC1)c1ccccc1. The minimum atomic E-state index is 0.0482. The Hall–Kier alpha value is -2.33. The second kappa shape index (κ2) is 7.97. The Labute approximate surface area is 143 Å². The highest BCUT2D eigenvalue weighted by molar-refractivity contribution is 5.94. The molecular weight excluding hydrogens is 300 g/mol. The minimum Gasteiger partial charge on any atom is -0.378 e. The van der Waals surface area contributed by atoms with Crippen molar-refractivity contribution >= 4 is 17.3 Å². The molecule has 1 aliphatic heterocycles. The van der Waals surface area contributed by atoms with Crippen LogP contribution < -0.4 is 10.2 Å². The van der Waals surface area contributed by atoms with Crippen LogP contribution in [0.4, 0.5) is 11.4 Å². The lowest BCUT2D eigenvalue weighted by Crippen LogP contribution is -2.36. The van der Waals surface area contributed by atoms with Crippen molar-refractivity contribution in [3.8, 4) is 0 Å². The van der Waals surface area contributed by atoms with E-state index in [1.165, 1.54) is 5.56 Å². The molecule has 0 radical (unpaired) electrons. The number of rotatable bonds is 5. The zero-order valence-corrected chi connectivity index (χ0v) is 14.1. The molecule has 0 aliphatic carbocycles. The normalized spacial score (nSPS) is 15.8. The van der Waals surface area contributed by atoms with Gasteiger partial charge in [-0.15, -0.1) is 0 Å². The number of para-hydroxylation sites is 2. The number of ether oxygens (including phenoxy) is 1. The zero-order chi connectivity index (χ0) is 16.8. The van der Waals surface area contributed by atoms with E-state index in [0.717, 1.165) is 37.7 Å². The van der Waals surface area contributed by atoms with Crippen LogP contribution in [0.2, 0.25) is 0 Å². The number of hydrogen-bond acceptors (Lipinski definition) is 3. The summed E-state index contributed by atoms with van der Waals surface area (Å²) >= 11 is 0. The van der Waals surface area contributed by atoms with E-state index < -0.39 is 0 Å². The predicted octanol–water partition coefficient (Wildman–Crippen LogP) is 3.66. The van der Waals surface area contributed by atoms with E-state index in [1.807, 2.05) is 36.4 Å². The Balaban J connectivity index is 1.66. The number of carbonyl (C=O) groups is 1. The third-order valence-electron chi connectivity index (χ3n) is 4.39. The molecule has 1 fully saturated rings. The molecule has 126 valence electrons. The summed E-state index contributed by atoms with van der Waals surface area (Å²) in [5, 5.41) is 3.09. The third kappa shape index (κ3) is 4.15. The highest BCUT2D eigenvalue weighted by atomic mass is 16.5. The first-order valence-electron chi connectivity index (χ1n) is 8.50. The summed E-state index contributed by atoms with van der Waals surface area (Å²) in [5.41, 5.74) is 3.14. The maximum atomic E-state index is 12.5. The van der Waals surface area contributed by atoms with Crippen LogP contribution in [-0.4, -0.2) is 32.2 Å². The van der Waals surface area contributed by atoms with E-state index in [0.29, 0.717) is 6.42 Å². The van der Waals surface area contributed by atoms with Gasteiger partial charge in [-0.25, -0.2) is 0 Å². The van der Waals surface area contributed by atoms with Crippen LogP contribution in [0.5, 0.6) is 0 Å². The van der Waals surface area contributed by atoms with Crippen LogP contribution in [0.3, 0.4) is 0 Å². The summed E-state index contributed by atoms with van der Waals surface area (Å²) in [4.78, 5) is 14.7. The number of nitrogens with one attached hydrogen (secondary N) is 1. The first kappa shape index (κ1) is 16.5. The summed E-state index contributed by atoms with van der Waals surface area (Å²) in [6, 6.07) is 18.1. The van der Waals surface area contributed by atoms with Crippen LogP contribution in [0, 0.1) is 0 Å². The molecule has 0 aromatic heterocycles. The lowest BCUT2D eigenvalue weighted by molar-refractivity contribution is -0.116. The van der Waals surface area contributed by atoms with Crippen molar-refractivity contribution in [2.24, 2.45) is 0 Å². The van der Waals surface area contributed by atoms with Gasteiger partial charge in [-0.2, -0.15) is 0 Å². The van der Waals surface area contributed by atoms with E-state index in [2.05, 4.69) is 35.3 Å². The average molecular weight is 324 g/mol. The number of amides is 1. The van der Waals surface area contributed by atoms with Gasteiger partial charge in [-0.1, -0.05) is 49.4 Å². The zero-order valence-electron chi connectivity index (χ0n) is 14.1. The largest absolute Gasteiger partial charge is 0.378 e. The first-order valence-corrected chi connectivity index (χ1v) is 8.50. The van der Waals surface area contributed by atoms with Crippen molar-refractivity contribution in [2.75, 3.05) is 36.5 Å². The van der Waals surface area contributed by atoms with Crippen molar-refractivity contribution in [1.29, 1.82) is 0 Å². The summed E-state index contributed by atoms with van der Waals surface area (Å²) in [6.45, 7) is 5.25. The summed E-state index contributed by atoms with van der Waals surface area (Å²) in [7, 11) is 0. The second-order valence-electron chi connectivity index (χ2n) is 6.18. The Kier molecular flexibility index (Phi) is 5.49. The molecule has 0 spiro atoms. The maximum Gasteiger partial charge on any atom is 0.225 e. The molecule has 3 rings (SSSR count). The number of morpholine rings is 1. The first-order chi connectivity index (χ1) is 11.7. The van der Waals surface area contributed by atoms with Gasteiger partial charge in [-0.3, -0.25) is 4.79 Å². The molecule has 4 nitrogen and oxygen atoms in total. The van der Waals surface area contributed by atoms with Crippen LogP contribution in [0.25, 0.3) is 0 Å². The standard InChI is InChI=1S/C20H24N2O2/c1-16(17-7-3-2-4-8-17)15-20(23)21-18-9-5-6-10-19(18)22-11-13-24-14-12-22/h2-10,16H,11-15H2,1H3,(H,21,23)/t16-/m1/s1. The minimum absolute atomic E-state index is 0.0482. The molecular formula is C20H24N2O2. The highest BCUT2D eigenvalue weighted by Crippen LogP contribution is 2.27. The molecule has 1 amide bonds. The van der Waals surface area contributed by atoms with Crippen LogP contribution in [0.15, 0.2) is 54.6 Å². The fourth-order valence-electron chi connectivity index (χ4n) is 3.04. The van der Waals surface area contributed by atoms with Crippen molar-refractivity contribution < 1.29 is 9.53 Å². The fourth-order valence-corrected chi connectivity index (χ4v) is 3.04. The second-order valence-corrected chi connectivity index (χ2v) is 6.18. The quantitative estimate of drug-likeness (QED) is 0.912. The van der Waals surface area contributed by atoms with Gasteiger partial charge in [0.25, 0.3) is 0 Å². The van der Waals surface area contributed by atoms with Crippen LogP contribution in [-0.2, 0) is 9.53 Å². The lowest BCUT2D eigenvalue weighted by Gasteiger charge is -2.30. The number of nitrogens with zero attached hydrogens (tertiary/aromatic N) is 1. The molecule has 24 heavy (non-hydrogen) atoms. The van der Waals surface area contributed by atoms with Gasteiger partial charge in [0.2, 0.25) is 5.91 Å². The summed E-state index contributed by atoms with van der Waals surface area (Å²) in [6.07, 6.45) is 0.474. The van der Waals surface area contributed by atoms with Crippen molar-refractivity contribution in [3.63, 3.8) is 0 Å². The van der Waals surface area contributed by atoms with Gasteiger partial charge >= 0.3 is 0 Å². The van der Waals surface area contributed by atoms with Crippen molar-refractivity contribution in [3.05, 3.63) is 60.2 Å². The molecule has 0 saturated carbocycles. The fraction of sp³-hybridized carbons (Fsp3) is 0.350. The summed E-state index contributed by atoms with van der Waals surface area (Å²) < 4.78 is 5.41. The molecule has 1 saturated heterocycles. The Bertz CT molecular complexity index is 666. The molecule has 0 bridgehead atoms. The number of anilines is 2. The van der Waals surface area contributed by atoms with E-state index in [4.69, 9.17) is 4.74 Å². The van der Waals surface area contributed by atoms with Gasteiger partial charge in [-0.05, 0) is 23.6 Å². The van der Waals surface area contributed by atoms with Gasteiger partial charge in [0.15, 0.2) is 0 Å². The van der Waals surface area contributed by atoms with E-state index in [1.54, 1.807) is 0 Å². The number of carbonyl (C=O) groups excluding carboxylic acids is 1. The van der Waals surface area contributed by atoms with E-state index in [9.17, 15) is 4.79 Å². The van der Waals surface area contributed by atoms with Gasteiger partial charge in [0, 0.05) is 19.5 Å². The van der Waals surface area contributed by atoms with Gasteiger partial charge in [0.1, 0.15) is 0 Å². The molecule has 1 N–H and O–H groups in total. The van der Waals surface area contributed by atoms with E-state index >= 15 is 0 Å². The Morgan fingerprint density at radius 3 is 2.50 bits per heavy atom. The molecule has 1 heterocycles. The monoisotopic (exact) mass is 324 g/mol. The smallest absolute Gasteiger partial charge is 0.225 e. The highest BCUT2D eigenvalue weighted by Gasteiger charge is 2.17. The molecule has 1 atom stereocenters. The average Bonchev–Trinajstić information content (AvgIpc) is 2.63. The van der Waals surface area contributed by atoms with Gasteiger partial charge < -0.3 is 15.0 Å². The van der Waals surface area contributed by atoms with Gasteiger partial charge in [0.05, 0.1) is 24.6 Å². The Morgan fingerprint density at radius 2 is 1.75 bits per heavy atom. The molecule has 2 aromatic carbocycles. The lowest BCUT2D eigenvalue weighted by atomic mass is 9.97. The van der Waals surface area contributed by atoms with Crippen LogP contribution in [0.1, 0.15) is 24.8 Å². The molecule has 4 heteroatoms. The van der Waals surface area contributed by atoms with Crippen molar-refractivity contribution in [1.82, 2.24) is 0 Å². The third-order valence-corrected chi connectivity index (χ3v) is 4.39. The van der Waals surface area contributed by atoms with E-state index in [-0.39, 0.29) is 11.8 Å². The maximum absolute atomic E-state index is 12.5. The number of benzene rings is 2. The molecule has 2 aromatic rings. The van der Waals surface area contributed by atoms with Crippen molar-refractivity contribution in [2.45, 2.75) is 19.3 Å². The summed E-state index contributed by atoms with van der Waals surface area (Å²) in [5.74, 6) is 0.244. The molecule has 0 unspecified atom stereocenters. The number of hydrogen-bond donors (Lipinski definition) is 1. The predicted molar refractivity (Wildman–Crippen MR) is 97.6 cm³/mol. The Morgan fingerprint density at radius 1 is 1.08 bits per heavy atom.